The maximum atomic E-state index is 12.2. The lowest BCUT2D eigenvalue weighted by atomic mass is 9.99. The average molecular weight is 266 g/mol. The van der Waals surface area contributed by atoms with E-state index in [9.17, 15) is 9.59 Å². The molecular weight excluding hydrogens is 248 g/mol. The summed E-state index contributed by atoms with van der Waals surface area (Å²) in [5, 5.41) is 9.06. The molecule has 0 aliphatic carbocycles. The van der Waals surface area contributed by atoms with Gasteiger partial charge in [0.15, 0.2) is 0 Å². The van der Waals surface area contributed by atoms with E-state index in [0.717, 1.165) is 0 Å². The van der Waals surface area contributed by atoms with Crippen LogP contribution in [0.4, 0.5) is 0 Å². The number of amides is 1. The van der Waals surface area contributed by atoms with Crippen molar-refractivity contribution < 1.29 is 14.7 Å². The molecule has 2 rings (SSSR count). The maximum Gasteiger partial charge on any atom is 0.308 e. The third-order valence-corrected chi connectivity index (χ3v) is 3.46. The van der Waals surface area contributed by atoms with Crippen LogP contribution in [0.3, 0.4) is 0 Å². The van der Waals surface area contributed by atoms with E-state index in [1.165, 1.54) is 0 Å². The van der Waals surface area contributed by atoms with Crippen LogP contribution in [-0.4, -0.2) is 51.1 Å². The highest BCUT2D eigenvalue weighted by Gasteiger charge is 2.37. The Morgan fingerprint density at radius 2 is 2.26 bits per heavy atom. The zero-order chi connectivity index (χ0) is 14.0. The second-order valence-electron chi connectivity index (χ2n) is 4.92. The van der Waals surface area contributed by atoms with Gasteiger partial charge < -0.3 is 20.3 Å². The molecule has 19 heavy (non-hydrogen) atoms. The van der Waals surface area contributed by atoms with E-state index >= 15 is 0 Å². The van der Waals surface area contributed by atoms with Gasteiger partial charge in [-0.15, -0.1) is 0 Å². The number of nitrogens with zero attached hydrogens (tertiary/aromatic N) is 3. The van der Waals surface area contributed by atoms with Crippen molar-refractivity contribution in [3.05, 3.63) is 18.2 Å². The standard InChI is InChI=1S/C12H18N4O3/c1-8-4-16(5-9(8)12(18)19)11(17)10-6-15(3-2-13)7-14-10/h6-9H,2-5,13H2,1H3,(H,18,19). The lowest BCUT2D eigenvalue weighted by molar-refractivity contribution is -0.142. The molecular formula is C12H18N4O3. The fourth-order valence-electron chi connectivity index (χ4n) is 2.36. The Bertz CT molecular complexity index is 485. The van der Waals surface area contributed by atoms with Gasteiger partial charge in [0, 0.05) is 32.4 Å². The van der Waals surface area contributed by atoms with Gasteiger partial charge in [0.05, 0.1) is 12.2 Å². The fourth-order valence-corrected chi connectivity index (χ4v) is 2.36. The van der Waals surface area contributed by atoms with Crippen molar-refractivity contribution in [1.82, 2.24) is 14.5 Å². The number of nitrogens with two attached hydrogens (primary N) is 1. The van der Waals surface area contributed by atoms with E-state index in [2.05, 4.69) is 4.98 Å². The summed E-state index contributed by atoms with van der Waals surface area (Å²) in [4.78, 5) is 28.8. The largest absolute Gasteiger partial charge is 0.481 e. The molecule has 104 valence electrons. The molecule has 1 aromatic heterocycles. The zero-order valence-corrected chi connectivity index (χ0v) is 10.8. The van der Waals surface area contributed by atoms with Gasteiger partial charge in [-0.05, 0) is 5.92 Å². The molecule has 0 spiro atoms. The van der Waals surface area contributed by atoms with Gasteiger partial charge in [-0.1, -0.05) is 6.92 Å². The highest BCUT2D eigenvalue weighted by atomic mass is 16.4. The van der Waals surface area contributed by atoms with Crippen LogP contribution < -0.4 is 5.73 Å². The minimum absolute atomic E-state index is 0.0347. The summed E-state index contributed by atoms with van der Waals surface area (Å²) in [6.45, 7) is 3.64. The first-order chi connectivity index (χ1) is 9.02. The summed E-state index contributed by atoms with van der Waals surface area (Å²) in [7, 11) is 0. The minimum atomic E-state index is -0.850. The first-order valence-electron chi connectivity index (χ1n) is 6.27. The molecule has 0 radical (unpaired) electrons. The fraction of sp³-hybridized carbons (Fsp3) is 0.583. The predicted octanol–water partition coefficient (Wildman–Crippen LogP) is -0.365. The predicted molar refractivity (Wildman–Crippen MR) is 67.5 cm³/mol. The molecule has 0 bridgehead atoms. The maximum absolute atomic E-state index is 12.2. The molecule has 2 heterocycles. The minimum Gasteiger partial charge on any atom is -0.481 e. The van der Waals surface area contributed by atoms with Crippen molar-refractivity contribution in [2.75, 3.05) is 19.6 Å². The summed E-state index contributed by atoms with van der Waals surface area (Å²) in [6.07, 6.45) is 3.21. The van der Waals surface area contributed by atoms with Crippen LogP contribution >= 0.6 is 0 Å². The first kappa shape index (κ1) is 13.5. The summed E-state index contributed by atoms with van der Waals surface area (Å²) >= 11 is 0. The quantitative estimate of drug-likeness (QED) is 0.774. The van der Waals surface area contributed by atoms with E-state index in [1.54, 1.807) is 22.0 Å². The Kier molecular flexibility index (Phi) is 3.84. The van der Waals surface area contributed by atoms with E-state index in [0.29, 0.717) is 25.3 Å². The first-order valence-corrected chi connectivity index (χ1v) is 6.27. The molecule has 1 amide bonds. The van der Waals surface area contributed by atoms with Gasteiger partial charge in [0.1, 0.15) is 5.69 Å². The third kappa shape index (κ3) is 2.76. The van der Waals surface area contributed by atoms with Crippen LogP contribution in [0.1, 0.15) is 17.4 Å². The molecule has 1 saturated heterocycles. The molecule has 0 aromatic carbocycles. The lowest BCUT2D eigenvalue weighted by Crippen LogP contribution is -2.30. The molecule has 3 N–H and O–H groups in total. The van der Waals surface area contributed by atoms with E-state index in [4.69, 9.17) is 10.8 Å². The third-order valence-electron chi connectivity index (χ3n) is 3.46. The van der Waals surface area contributed by atoms with Crippen molar-refractivity contribution in [1.29, 1.82) is 0 Å². The van der Waals surface area contributed by atoms with E-state index in [1.807, 2.05) is 6.92 Å². The number of carboxylic acids is 1. The normalized spacial score (nSPS) is 22.7. The van der Waals surface area contributed by atoms with Crippen LogP contribution in [0.15, 0.2) is 12.5 Å². The highest BCUT2D eigenvalue weighted by Crippen LogP contribution is 2.24. The number of aromatic nitrogens is 2. The van der Waals surface area contributed by atoms with Crippen molar-refractivity contribution in [2.45, 2.75) is 13.5 Å². The summed E-state index contributed by atoms with van der Waals surface area (Å²) in [5.74, 6) is -1.59. The van der Waals surface area contributed by atoms with E-state index < -0.39 is 11.9 Å². The molecule has 1 aliphatic rings. The van der Waals surface area contributed by atoms with Crippen LogP contribution in [0, 0.1) is 11.8 Å². The Hall–Kier alpha value is -1.89. The monoisotopic (exact) mass is 266 g/mol. The van der Waals surface area contributed by atoms with Crippen molar-refractivity contribution in [3.63, 3.8) is 0 Å². The number of carbonyl (C=O) groups excluding carboxylic acids is 1. The van der Waals surface area contributed by atoms with Gasteiger partial charge in [-0.3, -0.25) is 9.59 Å². The Balaban J connectivity index is 2.06. The number of imidazole rings is 1. The van der Waals surface area contributed by atoms with Gasteiger partial charge in [0.25, 0.3) is 5.91 Å². The molecule has 1 fully saturated rings. The highest BCUT2D eigenvalue weighted by molar-refractivity contribution is 5.92. The van der Waals surface area contributed by atoms with Crippen molar-refractivity contribution >= 4 is 11.9 Å². The average Bonchev–Trinajstić information content (AvgIpc) is 2.95. The molecule has 0 saturated carbocycles. The summed E-state index contributed by atoms with van der Waals surface area (Å²) in [5.41, 5.74) is 5.77. The van der Waals surface area contributed by atoms with Crippen molar-refractivity contribution in [2.24, 2.45) is 17.6 Å². The number of hydrogen-bond donors (Lipinski definition) is 2. The molecule has 7 heteroatoms. The van der Waals surface area contributed by atoms with Crippen molar-refractivity contribution in [3.8, 4) is 0 Å². The van der Waals surface area contributed by atoms with Crippen LogP contribution in [0.5, 0.6) is 0 Å². The zero-order valence-electron chi connectivity index (χ0n) is 10.8. The number of carboxylic acid groups (broad SMARTS) is 1. The van der Waals surface area contributed by atoms with Gasteiger partial charge in [0.2, 0.25) is 0 Å². The topological polar surface area (TPSA) is 101 Å². The number of likely N-dealkylation sites (tertiary alicyclic amines) is 1. The van der Waals surface area contributed by atoms with Crippen LogP contribution in [0.2, 0.25) is 0 Å². The number of aliphatic carboxylic acids is 1. The van der Waals surface area contributed by atoms with Crippen LogP contribution in [0.25, 0.3) is 0 Å². The molecule has 2 atom stereocenters. The number of carbonyl (C=O) groups is 2. The Morgan fingerprint density at radius 3 is 2.84 bits per heavy atom. The number of rotatable bonds is 4. The van der Waals surface area contributed by atoms with Gasteiger partial charge >= 0.3 is 5.97 Å². The SMILES string of the molecule is CC1CN(C(=O)c2cn(CCN)cn2)CC1C(=O)O. The smallest absolute Gasteiger partial charge is 0.308 e. The van der Waals surface area contributed by atoms with Gasteiger partial charge in [-0.2, -0.15) is 0 Å². The van der Waals surface area contributed by atoms with Crippen LogP contribution in [-0.2, 0) is 11.3 Å². The Labute approximate surface area is 111 Å². The molecule has 1 aliphatic heterocycles. The second-order valence-corrected chi connectivity index (χ2v) is 4.92. The Morgan fingerprint density at radius 1 is 1.53 bits per heavy atom. The summed E-state index contributed by atoms with van der Waals surface area (Å²) in [6, 6.07) is 0. The molecule has 7 nitrogen and oxygen atoms in total. The molecule has 1 aromatic rings. The number of hydrogen-bond acceptors (Lipinski definition) is 4. The summed E-state index contributed by atoms with van der Waals surface area (Å²) < 4.78 is 1.75. The molecule has 2 unspecified atom stereocenters. The van der Waals surface area contributed by atoms with E-state index in [-0.39, 0.29) is 18.4 Å². The second kappa shape index (κ2) is 5.40. The lowest BCUT2D eigenvalue weighted by Gasteiger charge is -2.13. The van der Waals surface area contributed by atoms with Gasteiger partial charge in [-0.25, -0.2) is 4.98 Å².